The maximum absolute atomic E-state index is 11.6. The van der Waals surface area contributed by atoms with Gasteiger partial charge in [0.2, 0.25) is 0 Å². The van der Waals surface area contributed by atoms with Gasteiger partial charge >= 0.3 is 11.9 Å². The maximum Gasteiger partial charge on any atom is 0.334 e. The first-order valence-corrected chi connectivity index (χ1v) is 8.43. The largest absolute Gasteiger partial charge is 0.463 e. The van der Waals surface area contributed by atoms with Gasteiger partial charge in [-0.15, -0.1) is 0 Å². The van der Waals surface area contributed by atoms with E-state index in [0.29, 0.717) is 39.6 Å². The summed E-state index contributed by atoms with van der Waals surface area (Å²) in [6.07, 6.45) is -0.219. The number of hydrogen-bond acceptors (Lipinski definition) is 8. The Kier molecular flexibility index (Phi) is 16.3. The number of carbonyl (C=O) groups excluding carboxylic acids is 2. The van der Waals surface area contributed by atoms with Gasteiger partial charge in [-0.1, -0.05) is 6.58 Å². The highest BCUT2D eigenvalue weighted by atomic mass is 16.6. The van der Waals surface area contributed by atoms with E-state index in [1.807, 2.05) is 13.8 Å². The molecule has 0 N–H and O–H groups in total. The molecule has 0 radical (unpaired) electrons. The van der Waals surface area contributed by atoms with E-state index >= 15 is 0 Å². The van der Waals surface area contributed by atoms with Crippen molar-refractivity contribution in [3.05, 3.63) is 12.2 Å². The maximum atomic E-state index is 11.6. The molecule has 8 nitrogen and oxygen atoms in total. The zero-order valence-electron chi connectivity index (χ0n) is 15.3. The predicted molar refractivity (Wildman–Crippen MR) is 90.3 cm³/mol. The smallest absolute Gasteiger partial charge is 0.334 e. The Morgan fingerprint density at radius 1 is 0.680 bits per heavy atom. The molecular formula is C17H30O8. The van der Waals surface area contributed by atoms with Crippen molar-refractivity contribution in [1.29, 1.82) is 0 Å². The van der Waals surface area contributed by atoms with E-state index in [-0.39, 0.29) is 38.4 Å². The average molecular weight is 362 g/mol. The first-order valence-electron chi connectivity index (χ1n) is 8.43. The Hall–Kier alpha value is -1.48. The number of ether oxygens (including phenoxy) is 6. The highest BCUT2D eigenvalue weighted by molar-refractivity contribution is 5.93. The van der Waals surface area contributed by atoms with E-state index in [2.05, 4.69) is 6.58 Å². The minimum Gasteiger partial charge on any atom is -0.463 e. The van der Waals surface area contributed by atoms with Gasteiger partial charge in [-0.3, -0.25) is 4.79 Å². The summed E-state index contributed by atoms with van der Waals surface area (Å²) in [6.45, 7) is 11.2. The van der Waals surface area contributed by atoms with Gasteiger partial charge in [-0.2, -0.15) is 0 Å². The van der Waals surface area contributed by atoms with Crippen LogP contribution in [0.15, 0.2) is 12.2 Å². The molecule has 0 aromatic rings. The third-order valence-electron chi connectivity index (χ3n) is 2.75. The molecule has 0 aliphatic rings. The van der Waals surface area contributed by atoms with Crippen molar-refractivity contribution >= 4 is 11.9 Å². The molecule has 0 unspecified atom stereocenters. The standard InChI is InChI=1S/C17H30O8/c1-4-20-6-8-22-10-12-24-16(18)14-15(3)17(19)25-13-11-23-9-7-21-5-2/h3-14H2,1-2H3. The van der Waals surface area contributed by atoms with Gasteiger partial charge in [0.05, 0.1) is 46.1 Å². The van der Waals surface area contributed by atoms with Gasteiger partial charge in [-0.05, 0) is 13.8 Å². The van der Waals surface area contributed by atoms with Gasteiger partial charge in [0.1, 0.15) is 13.2 Å². The molecule has 0 aromatic carbocycles. The summed E-state index contributed by atoms with van der Waals surface area (Å²) >= 11 is 0. The summed E-state index contributed by atoms with van der Waals surface area (Å²) in [4.78, 5) is 23.2. The summed E-state index contributed by atoms with van der Waals surface area (Å²) in [6, 6.07) is 0. The van der Waals surface area contributed by atoms with Crippen LogP contribution < -0.4 is 0 Å². The van der Waals surface area contributed by atoms with Crippen molar-refractivity contribution < 1.29 is 38.0 Å². The van der Waals surface area contributed by atoms with Crippen LogP contribution in [0.25, 0.3) is 0 Å². The van der Waals surface area contributed by atoms with Crippen molar-refractivity contribution in [1.82, 2.24) is 0 Å². The van der Waals surface area contributed by atoms with Crippen molar-refractivity contribution in [2.45, 2.75) is 20.3 Å². The Morgan fingerprint density at radius 3 is 1.64 bits per heavy atom. The summed E-state index contributed by atoms with van der Waals surface area (Å²) in [5, 5.41) is 0. The fourth-order valence-electron chi connectivity index (χ4n) is 1.54. The number of esters is 2. The first-order chi connectivity index (χ1) is 12.1. The minimum atomic E-state index is -0.640. The van der Waals surface area contributed by atoms with Crippen molar-refractivity contribution in [2.75, 3.05) is 66.1 Å². The van der Waals surface area contributed by atoms with Crippen LogP contribution in [0.3, 0.4) is 0 Å². The van der Waals surface area contributed by atoms with E-state index in [0.717, 1.165) is 0 Å². The molecular weight excluding hydrogens is 332 g/mol. The van der Waals surface area contributed by atoms with E-state index in [9.17, 15) is 9.59 Å². The lowest BCUT2D eigenvalue weighted by Crippen LogP contribution is -2.17. The Bertz CT molecular complexity index is 370. The van der Waals surface area contributed by atoms with Crippen molar-refractivity contribution in [3.63, 3.8) is 0 Å². The van der Waals surface area contributed by atoms with Crippen LogP contribution in [0.5, 0.6) is 0 Å². The lowest BCUT2D eigenvalue weighted by Gasteiger charge is -2.09. The summed E-state index contributed by atoms with van der Waals surface area (Å²) < 4.78 is 30.5. The van der Waals surface area contributed by atoms with Crippen LogP contribution in [-0.2, 0) is 38.0 Å². The number of rotatable bonds is 17. The second kappa shape index (κ2) is 17.3. The highest BCUT2D eigenvalue weighted by Gasteiger charge is 2.14. The molecule has 0 aliphatic carbocycles. The van der Waals surface area contributed by atoms with Crippen molar-refractivity contribution in [2.24, 2.45) is 0 Å². The lowest BCUT2D eigenvalue weighted by molar-refractivity contribution is -0.148. The molecule has 8 heteroatoms. The van der Waals surface area contributed by atoms with Gasteiger partial charge in [0.25, 0.3) is 0 Å². The summed E-state index contributed by atoms with van der Waals surface area (Å²) in [5.74, 6) is -1.19. The van der Waals surface area contributed by atoms with Crippen LogP contribution >= 0.6 is 0 Å². The normalized spacial score (nSPS) is 10.5. The molecule has 146 valence electrons. The molecule has 0 spiro atoms. The molecule has 25 heavy (non-hydrogen) atoms. The highest BCUT2D eigenvalue weighted by Crippen LogP contribution is 2.03. The van der Waals surface area contributed by atoms with Crippen LogP contribution in [0, 0.1) is 0 Å². The van der Waals surface area contributed by atoms with Crippen LogP contribution in [0.1, 0.15) is 20.3 Å². The topological polar surface area (TPSA) is 89.5 Å². The minimum absolute atomic E-state index is 0.0385. The van der Waals surface area contributed by atoms with Crippen LogP contribution in [-0.4, -0.2) is 78.0 Å². The van der Waals surface area contributed by atoms with Gasteiger partial charge in [0.15, 0.2) is 0 Å². The fraction of sp³-hybridized carbons (Fsp3) is 0.765. The van der Waals surface area contributed by atoms with E-state index in [1.54, 1.807) is 0 Å². The molecule has 0 amide bonds. The van der Waals surface area contributed by atoms with Crippen LogP contribution in [0.2, 0.25) is 0 Å². The first kappa shape index (κ1) is 23.5. The second-order valence-electron chi connectivity index (χ2n) is 4.76. The lowest BCUT2D eigenvalue weighted by atomic mass is 10.2. The molecule has 0 atom stereocenters. The van der Waals surface area contributed by atoms with Gasteiger partial charge in [-0.25, -0.2) is 4.79 Å². The summed E-state index contributed by atoms with van der Waals surface area (Å²) in [7, 11) is 0. The SMILES string of the molecule is C=C(CC(=O)OCCOCCOCC)C(=O)OCCOCCOCC. The van der Waals surface area contributed by atoms with Crippen LogP contribution in [0.4, 0.5) is 0 Å². The average Bonchev–Trinajstić information content (AvgIpc) is 2.59. The molecule has 0 saturated carbocycles. The zero-order valence-corrected chi connectivity index (χ0v) is 15.3. The third-order valence-corrected chi connectivity index (χ3v) is 2.75. The summed E-state index contributed by atoms with van der Waals surface area (Å²) in [5.41, 5.74) is 0.0385. The Labute approximate surface area is 149 Å². The third kappa shape index (κ3) is 15.8. The molecule has 0 fully saturated rings. The Balaban J connectivity index is 3.57. The predicted octanol–water partition coefficient (Wildman–Crippen LogP) is 1.13. The Morgan fingerprint density at radius 2 is 1.12 bits per heavy atom. The van der Waals surface area contributed by atoms with E-state index in [1.165, 1.54) is 0 Å². The van der Waals surface area contributed by atoms with Crippen molar-refractivity contribution in [3.8, 4) is 0 Å². The quantitative estimate of drug-likeness (QED) is 0.216. The number of hydrogen-bond donors (Lipinski definition) is 0. The number of carbonyl (C=O) groups is 2. The molecule has 0 heterocycles. The van der Waals surface area contributed by atoms with E-state index in [4.69, 9.17) is 28.4 Å². The fourth-order valence-corrected chi connectivity index (χ4v) is 1.54. The van der Waals surface area contributed by atoms with E-state index < -0.39 is 11.9 Å². The molecule has 0 rings (SSSR count). The molecule has 0 aliphatic heterocycles. The monoisotopic (exact) mass is 362 g/mol. The second-order valence-corrected chi connectivity index (χ2v) is 4.76. The zero-order chi connectivity index (χ0) is 18.8. The molecule has 0 bridgehead atoms. The molecule has 0 saturated heterocycles. The molecule has 0 aromatic heterocycles. The van der Waals surface area contributed by atoms with Gasteiger partial charge < -0.3 is 28.4 Å². The van der Waals surface area contributed by atoms with Gasteiger partial charge in [0, 0.05) is 18.8 Å².